The monoisotopic (exact) mass is 215 g/mol. The number of carboxylic acids is 1. The fraction of sp³-hybridized carbons (Fsp3) is 0. The van der Waals surface area contributed by atoms with Gasteiger partial charge in [0.05, 0.1) is 6.20 Å². The van der Waals surface area contributed by atoms with E-state index in [-0.39, 0.29) is 5.89 Å². The first kappa shape index (κ1) is 10.2. The Labute approximate surface area is 91.9 Å². The summed E-state index contributed by atoms with van der Waals surface area (Å²) in [6, 6.07) is 9.63. The first-order valence-corrected chi connectivity index (χ1v) is 4.68. The molecule has 0 fully saturated rings. The maximum absolute atomic E-state index is 10.5. The molecule has 0 saturated heterocycles. The molecular formula is C12H9NO3. The molecule has 1 heterocycles. The van der Waals surface area contributed by atoms with Crippen LogP contribution < -0.4 is 0 Å². The summed E-state index contributed by atoms with van der Waals surface area (Å²) in [5, 5.41) is 8.60. The van der Waals surface area contributed by atoms with Crippen LogP contribution in [0.5, 0.6) is 0 Å². The van der Waals surface area contributed by atoms with Crippen LogP contribution in [0.1, 0.15) is 22.0 Å². The van der Waals surface area contributed by atoms with Crippen molar-refractivity contribution in [1.29, 1.82) is 0 Å². The third-order valence-corrected chi connectivity index (χ3v) is 1.95. The summed E-state index contributed by atoms with van der Waals surface area (Å²) in [4.78, 5) is 14.1. The fourth-order valence-electron chi connectivity index (χ4n) is 1.21. The predicted molar refractivity (Wildman–Crippen MR) is 58.8 cm³/mol. The molecule has 1 aromatic heterocycles. The Morgan fingerprint density at radius 2 is 2.00 bits per heavy atom. The number of aromatic nitrogens is 1. The maximum atomic E-state index is 10.5. The van der Waals surface area contributed by atoms with Gasteiger partial charge < -0.3 is 9.52 Å². The van der Waals surface area contributed by atoms with Crippen LogP contribution in [0.15, 0.2) is 40.9 Å². The van der Waals surface area contributed by atoms with Crippen molar-refractivity contribution in [1.82, 2.24) is 4.98 Å². The van der Waals surface area contributed by atoms with E-state index in [9.17, 15) is 4.79 Å². The second kappa shape index (κ2) is 4.44. The van der Waals surface area contributed by atoms with E-state index in [0.717, 1.165) is 5.56 Å². The van der Waals surface area contributed by atoms with Crippen LogP contribution in [-0.2, 0) is 0 Å². The zero-order chi connectivity index (χ0) is 11.4. The number of aromatic carboxylic acids is 1. The van der Waals surface area contributed by atoms with Gasteiger partial charge in [0.25, 0.3) is 0 Å². The minimum atomic E-state index is -1.17. The van der Waals surface area contributed by atoms with Crippen LogP contribution in [-0.4, -0.2) is 16.1 Å². The Hall–Kier alpha value is -2.36. The minimum Gasteiger partial charge on any atom is -0.474 e. The summed E-state index contributed by atoms with van der Waals surface area (Å²) in [5.41, 5.74) is 1.01. The van der Waals surface area contributed by atoms with Crippen molar-refractivity contribution in [2.75, 3.05) is 0 Å². The van der Waals surface area contributed by atoms with Gasteiger partial charge in [0.1, 0.15) is 5.76 Å². The van der Waals surface area contributed by atoms with Crippen LogP contribution >= 0.6 is 0 Å². The minimum absolute atomic E-state index is 0.298. The van der Waals surface area contributed by atoms with Gasteiger partial charge in [-0.05, 0) is 11.6 Å². The molecule has 4 nitrogen and oxygen atoms in total. The van der Waals surface area contributed by atoms with E-state index in [1.807, 2.05) is 36.4 Å². The highest BCUT2D eigenvalue weighted by atomic mass is 16.4. The quantitative estimate of drug-likeness (QED) is 0.854. The van der Waals surface area contributed by atoms with Gasteiger partial charge in [-0.25, -0.2) is 9.78 Å². The molecule has 0 aliphatic heterocycles. The summed E-state index contributed by atoms with van der Waals surface area (Å²) >= 11 is 0. The van der Waals surface area contributed by atoms with Crippen molar-refractivity contribution in [2.24, 2.45) is 0 Å². The van der Waals surface area contributed by atoms with Crippen molar-refractivity contribution in [3.8, 4) is 0 Å². The molecule has 2 aromatic rings. The molecule has 16 heavy (non-hydrogen) atoms. The molecule has 1 N–H and O–H groups in total. The number of hydrogen-bond acceptors (Lipinski definition) is 3. The Morgan fingerprint density at radius 3 is 2.62 bits per heavy atom. The molecule has 0 saturated carbocycles. The lowest BCUT2D eigenvalue weighted by Crippen LogP contribution is -1.94. The lowest BCUT2D eigenvalue weighted by atomic mass is 10.2. The topological polar surface area (TPSA) is 63.3 Å². The lowest BCUT2D eigenvalue weighted by Gasteiger charge is -1.89. The average Bonchev–Trinajstić information content (AvgIpc) is 2.76. The first-order chi connectivity index (χ1) is 7.75. The number of oxazole rings is 1. The van der Waals surface area contributed by atoms with E-state index in [1.165, 1.54) is 6.20 Å². The van der Waals surface area contributed by atoms with Gasteiger partial charge in [-0.2, -0.15) is 0 Å². The normalized spacial score (nSPS) is 10.8. The summed E-state index contributed by atoms with van der Waals surface area (Å²) in [6.45, 7) is 0. The maximum Gasteiger partial charge on any atom is 0.392 e. The van der Waals surface area contributed by atoms with Crippen molar-refractivity contribution in [2.45, 2.75) is 0 Å². The molecule has 0 atom stereocenters. The lowest BCUT2D eigenvalue weighted by molar-refractivity contribution is 0.0653. The Kier molecular flexibility index (Phi) is 2.82. The van der Waals surface area contributed by atoms with E-state index in [2.05, 4.69) is 4.98 Å². The zero-order valence-corrected chi connectivity index (χ0v) is 8.33. The summed E-state index contributed by atoms with van der Waals surface area (Å²) in [6.07, 6.45) is 4.88. The molecule has 0 amide bonds. The van der Waals surface area contributed by atoms with Gasteiger partial charge in [-0.1, -0.05) is 36.4 Å². The molecule has 0 radical (unpaired) electrons. The average molecular weight is 215 g/mol. The zero-order valence-electron chi connectivity index (χ0n) is 8.33. The second-order valence-electron chi connectivity index (χ2n) is 3.12. The summed E-state index contributed by atoms with van der Waals surface area (Å²) < 4.78 is 4.97. The molecular weight excluding hydrogens is 206 g/mol. The van der Waals surface area contributed by atoms with Gasteiger partial charge in [0.2, 0.25) is 0 Å². The van der Waals surface area contributed by atoms with Crippen LogP contribution in [0.3, 0.4) is 0 Å². The Balaban J connectivity index is 2.15. The van der Waals surface area contributed by atoms with Crippen LogP contribution in [0, 0.1) is 0 Å². The van der Waals surface area contributed by atoms with Gasteiger partial charge in [0.15, 0.2) is 0 Å². The van der Waals surface area contributed by atoms with Crippen LogP contribution in [0.25, 0.3) is 12.2 Å². The molecule has 2 rings (SSSR count). The van der Waals surface area contributed by atoms with Gasteiger partial charge >= 0.3 is 11.9 Å². The highest BCUT2D eigenvalue weighted by molar-refractivity contribution is 5.82. The molecule has 4 heteroatoms. The Morgan fingerprint density at radius 1 is 1.25 bits per heavy atom. The summed E-state index contributed by atoms with van der Waals surface area (Å²) in [7, 11) is 0. The Bertz CT molecular complexity index is 514. The van der Waals surface area contributed by atoms with E-state index in [0.29, 0.717) is 5.76 Å². The van der Waals surface area contributed by atoms with Gasteiger partial charge in [-0.15, -0.1) is 0 Å². The van der Waals surface area contributed by atoms with Crippen molar-refractivity contribution >= 4 is 18.1 Å². The fourth-order valence-corrected chi connectivity index (χ4v) is 1.21. The predicted octanol–water partition coefficient (Wildman–Crippen LogP) is 2.54. The number of nitrogens with zero attached hydrogens (tertiary/aromatic N) is 1. The van der Waals surface area contributed by atoms with Crippen molar-refractivity contribution in [3.63, 3.8) is 0 Å². The SMILES string of the molecule is O=C(O)c1ncc(C=Cc2ccccc2)o1. The molecule has 0 aliphatic rings. The van der Waals surface area contributed by atoms with Crippen LogP contribution in [0.2, 0.25) is 0 Å². The molecule has 0 unspecified atom stereocenters. The van der Waals surface area contributed by atoms with Crippen molar-refractivity contribution in [3.05, 3.63) is 53.7 Å². The van der Waals surface area contributed by atoms with E-state index in [1.54, 1.807) is 6.08 Å². The number of rotatable bonds is 3. The van der Waals surface area contributed by atoms with Gasteiger partial charge in [0, 0.05) is 0 Å². The molecule has 0 bridgehead atoms. The number of benzene rings is 1. The molecule has 80 valence electrons. The largest absolute Gasteiger partial charge is 0.474 e. The smallest absolute Gasteiger partial charge is 0.392 e. The molecule has 0 aliphatic carbocycles. The van der Waals surface area contributed by atoms with Crippen LogP contribution in [0.4, 0.5) is 0 Å². The molecule has 1 aromatic carbocycles. The van der Waals surface area contributed by atoms with Crippen molar-refractivity contribution < 1.29 is 14.3 Å². The standard InChI is InChI=1S/C12H9NO3/c14-12(15)11-13-8-10(16-11)7-6-9-4-2-1-3-5-9/h1-8H,(H,14,15). The number of carbonyl (C=O) groups is 1. The highest BCUT2D eigenvalue weighted by Gasteiger charge is 2.08. The number of carboxylic acid groups (broad SMARTS) is 1. The number of hydrogen-bond donors (Lipinski definition) is 1. The van der Waals surface area contributed by atoms with E-state index < -0.39 is 5.97 Å². The first-order valence-electron chi connectivity index (χ1n) is 4.68. The molecule has 0 spiro atoms. The van der Waals surface area contributed by atoms with Gasteiger partial charge in [-0.3, -0.25) is 0 Å². The summed E-state index contributed by atoms with van der Waals surface area (Å²) in [5.74, 6) is -1.05. The second-order valence-corrected chi connectivity index (χ2v) is 3.12. The highest BCUT2D eigenvalue weighted by Crippen LogP contribution is 2.09. The van der Waals surface area contributed by atoms with E-state index >= 15 is 0 Å². The third kappa shape index (κ3) is 2.36. The third-order valence-electron chi connectivity index (χ3n) is 1.95. The van der Waals surface area contributed by atoms with E-state index in [4.69, 9.17) is 9.52 Å².